The summed E-state index contributed by atoms with van der Waals surface area (Å²) in [4.78, 5) is 22.9. The highest BCUT2D eigenvalue weighted by atomic mass is 35.5. The molecule has 0 spiro atoms. The minimum Gasteiger partial charge on any atom is -0.370 e. The average molecular weight is 483 g/mol. The molecule has 1 aromatic carbocycles. The minimum atomic E-state index is -1.61. The Morgan fingerprint density at radius 2 is 1.75 bits per heavy atom. The number of nitrogens with zero attached hydrogens (tertiary/aromatic N) is 3. The number of pyridine rings is 1. The summed E-state index contributed by atoms with van der Waals surface area (Å²) < 4.78 is 16.2. The van der Waals surface area contributed by atoms with E-state index < -0.39 is 16.5 Å². The lowest BCUT2D eigenvalue weighted by Crippen LogP contribution is -2.55. The number of nitrogens with two attached hydrogens (primary N) is 2. The van der Waals surface area contributed by atoms with Crippen LogP contribution in [0.1, 0.15) is 53.4 Å². The molecule has 1 fully saturated rings. The van der Waals surface area contributed by atoms with Gasteiger partial charge in [0.05, 0.1) is 9.92 Å². The van der Waals surface area contributed by atoms with Crippen LogP contribution in [0.2, 0.25) is 5.02 Å². The molecule has 3 rings (SSSR count). The number of aromatic nitrogens is 1. The number of hydrogen-bond acceptors (Lipinski definition) is 4. The second-order valence-electron chi connectivity index (χ2n) is 7.03. The molecule has 1 unspecified atom stereocenters. The predicted octanol–water partition coefficient (Wildman–Crippen LogP) is 3.86. The van der Waals surface area contributed by atoms with Gasteiger partial charge >= 0.3 is 0 Å². The van der Waals surface area contributed by atoms with Gasteiger partial charge in [-0.2, -0.15) is 4.99 Å². The molecule has 0 bridgehead atoms. The maximum Gasteiger partial charge on any atom is 0.243 e. The molecule has 0 aliphatic heterocycles. The van der Waals surface area contributed by atoms with Gasteiger partial charge in [0.1, 0.15) is 16.5 Å². The van der Waals surface area contributed by atoms with Crippen LogP contribution in [0.15, 0.2) is 34.3 Å². The summed E-state index contributed by atoms with van der Waals surface area (Å²) in [6.45, 7) is 8.00. The largest absolute Gasteiger partial charge is 0.370 e. The molecule has 1 amide bonds. The third kappa shape index (κ3) is 6.40. The van der Waals surface area contributed by atoms with Gasteiger partial charge < -0.3 is 16.4 Å². The van der Waals surface area contributed by atoms with E-state index in [0.29, 0.717) is 33.5 Å². The molecule has 5 N–H and O–H groups in total. The summed E-state index contributed by atoms with van der Waals surface area (Å²) in [7, 11) is 1.80. The molecule has 0 radical (unpaired) electrons. The Morgan fingerprint density at radius 3 is 2.28 bits per heavy atom. The molecular formula is C22H35ClN6O2S. The Balaban J connectivity index is 0.00000121. The fourth-order valence-electron chi connectivity index (χ4n) is 3.50. The molecule has 0 saturated heterocycles. The van der Waals surface area contributed by atoms with Crippen LogP contribution in [0.5, 0.6) is 0 Å². The minimum absolute atomic E-state index is 0.0648. The number of halogens is 1. The Bertz CT molecular complexity index is 970. The van der Waals surface area contributed by atoms with E-state index in [2.05, 4.69) is 14.7 Å². The summed E-state index contributed by atoms with van der Waals surface area (Å²) in [6.07, 6.45) is 4.58. The summed E-state index contributed by atoms with van der Waals surface area (Å²) >= 11 is 6.22. The Kier molecular flexibility index (Phi) is 11.0. The molecule has 1 aliphatic carbocycles. The lowest BCUT2D eigenvalue weighted by atomic mass is 9.98. The number of nitrogens with one attached hydrogen (secondary N) is 1. The van der Waals surface area contributed by atoms with Crippen molar-refractivity contribution in [2.24, 2.45) is 16.5 Å². The predicted molar refractivity (Wildman–Crippen MR) is 134 cm³/mol. The van der Waals surface area contributed by atoms with Gasteiger partial charge in [0.15, 0.2) is 11.8 Å². The zero-order chi connectivity index (χ0) is 24.5. The molecule has 178 valence electrons. The summed E-state index contributed by atoms with van der Waals surface area (Å²) in [5.41, 5.74) is 10.1. The van der Waals surface area contributed by atoms with Crippen molar-refractivity contribution in [1.82, 2.24) is 14.6 Å². The first-order valence-corrected chi connectivity index (χ1v) is 12.4. The van der Waals surface area contributed by atoms with Crippen LogP contribution in [0.3, 0.4) is 0 Å². The van der Waals surface area contributed by atoms with Gasteiger partial charge in [0.25, 0.3) is 0 Å². The van der Waals surface area contributed by atoms with Crippen LogP contribution in [-0.4, -0.2) is 45.6 Å². The highest BCUT2D eigenvalue weighted by Gasteiger charge is 2.43. The summed E-state index contributed by atoms with van der Waals surface area (Å²) in [6, 6.07) is 5.14. The number of benzene rings is 1. The molecule has 32 heavy (non-hydrogen) atoms. The number of hydrogen-bond donors (Lipinski definition) is 3. The van der Waals surface area contributed by atoms with Crippen molar-refractivity contribution in [3.63, 3.8) is 0 Å². The molecule has 1 atom stereocenters. The fraction of sp³-hybridized carbons (Fsp3) is 0.500. The Hall–Kier alpha value is -2.23. The van der Waals surface area contributed by atoms with Gasteiger partial charge in [-0.1, -0.05) is 58.2 Å². The highest BCUT2D eigenvalue weighted by Crippen LogP contribution is 2.34. The third-order valence-corrected chi connectivity index (χ3v) is 6.36. The molecule has 10 heteroatoms. The summed E-state index contributed by atoms with van der Waals surface area (Å²) in [5, 5.41) is 1.70. The first-order chi connectivity index (χ1) is 15.2. The zero-order valence-electron chi connectivity index (χ0n) is 19.7. The Labute approximate surface area is 198 Å². The number of rotatable bonds is 5. The van der Waals surface area contributed by atoms with Gasteiger partial charge in [-0.05, 0) is 25.0 Å². The van der Waals surface area contributed by atoms with Crippen molar-refractivity contribution < 1.29 is 9.00 Å². The van der Waals surface area contributed by atoms with Crippen LogP contribution in [-0.2, 0) is 15.8 Å². The number of guanidine groups is 1. The second-order valence-corrected chi connectivity index (χ2v) is 8.65. The quantitative estimate of drug-likeness (QED) is 0.440. The number of carbonyl (C=O) groups is 1. The lowest BCUT2D eigenvalue weighted by Gasteiger charge is -2.31. The fourth-order valence-corrected chi connectivity index (χ4v) is 4.90. The topological polar surface area (TPSA) is 127 Å². The Morgan fingerprint density at radius 1 is 1.16 bits per heavy atom. The zero-order valence-corrected chi connectivity index (χ0v) is 21.3. The maximum atomic E-state index is 13.1. The standard InChI is InChI=1S/C18H23ClN6O2S.2C2H6/c1-25(2)16(26)18(7-3-4-8-18)24-28(27)11-5-6-12-13(9-11)15(23-17(20)21)22-10-14(12)19;2*1-2/h5-6,9-10,24H,3-4,7-8H2,1-2H3,(H4,20,21,22,23);2*1-2H3. The van der Waals surface area contributed by atoms with E-state index in [1.54, 1.807) is 32.3 Å². The first kappa shape index (κ1) is 27.8. The molecule has 1 aliphatic rings. The van der Waals surface area contributed by atoms with Crippen LogP contribution in [0, 0.1) is 0 Å². The maximum absolute atomic E-state index is 13.1. The molecule has 1 aromatic heterocycles. The van der Waals surface area contributed by atoms with Crippen LogP contribution in [0.4, 0.5) is 5.82 Å². The normalized spacial score (nSPS) is 15.0. The number of fused-ring (bicyclic) bond motifs is 1. The van der Waals surface area contributed by atoms with Crippen molar-refractivity contribution in [3.8, 4) is 0 Å². The van der Waals surface area contributed by atoms with Gasteiger partial charge in [0, 0.05) is 31.1 Å². The number of likely N-dealkylation sites (N-methyl/N-ethyl adjacent to an activating group) is 1. The van der Waals surface area contributed by atoms with Crippen LogP contribution >= 0.6 is 11.6 Å². The van der Waals surface area contributed by atoms with E-state index in [-0.39, 0.29) is 17.7 Å². The van der Waals surface area contributed by atoms with Crippen LogP contribution < -0.4 is 16.2 Å². The second kappa shape index (κ2) is 12.7. The highest BCUT2D eigenvalue weighted by molar-refractivity contribution is 7.83. The van der Waals surface area contributed by atoms with Crippen molar-refractivity contribution in [1.29, 1.82) is 0 Å². The van der Waals surface area contributed by atoms with Crippen molar-refractivity contribution in [3.05, 3.63) is 29.4 Å². The van der Waals surface area contributed by atoms with Gasteiger partial charge in [-0.15, -0.1) is 0 Å². The first-order valence-electron chi connectivity index (χ1n) is 10.8. The number of carbonyl (C=O) groups excluding carboxylic acids is 1. The van der Waals surface area contributed by atoms with Crippen molar-refractivity contribution >= 4 is 51.0 Å². The van der Waals surface area contributed by atoms with E-state index in [4.69, 9.17) is 23.1 Å². The van der Waals surface area contributed by atoms with E-state index in [1.807, 2.05) is 27.7 Å². The van der Waals surface area contributed by atoms with E-state index in [9.17, 15) is 9.00 Å². The SMILES string of the molecule is CC.CC.CN(C)C(=O)C1(NS(=O)c2ccc3c(Cl)cnc(N=C(N)N)c3c2)CCCC1. The smallest absolute Gasteiger partial charge is 0.243 e. The lowest BCUT2D eigenvalue weighted by molar-refractivity contribution is -0.134. The van der Waals surface area contributed by atoms with E-state index >= 15 is 0 Å². The van der Waals surface area contributed by atoms with E-state index in [1.165, 1.54) is 11.1 Å². The van der Waals surface area contributed by atoms with Crippen molar-refractivity contribution in [2.75, 3.05) is 14.1 Å². The van der Waals surface area contributed by atoms with Gasteiger partial charge in [-0.25, -0.2) is 13.9 Å². The molecule has 1 heterocycles. The molecule has 2 aromatic rings. The monoisotopic (exact) mass is 482 g/mol. The van der Waals surface area contributed by atoms with Gasteiger partial charge in [0.2, 0.25) is 5.91 Å². The molecule has 8 nitrogen and oxygen atoms in total. The third-order valence-electron chi connectivity index (χ3n) is 4.80. The number of aliphatic imine (C=N–C) groups is 1. The summed E-state index contributed by atoms with van der Waals surface area (Å²) in [5.74, 6) is 0.0884. The average Bonchev–Trinajstić information content (AvgIpc) is 3.27. The molecular weight excluding hydrogens is 448 g/mol. The number of amides is 1. The molecule has 1 saturated carbocycles. The van der Waals surface area contributed by atoms with Gasteiger partial charge in [-0.3, -0.25) is 4.79 Å². The van der Waals surface area contributed by atoms with Crippen LogP contribution in [0.25, 0.3) is 10.8 Å². The van der Waals surface area contributed by atoms with Crippen molar-refractivity contribution in [2.45, 2.75) is 63.8 Å². The van der Waals surface area contributed by atoms with E-state index in [0.717, 1.165) is 12.8 Å².